The van der Waals surface area contributed by atoms with Crippen LogP contribution in [0.2, 0.25) is 0 Å². The van der Waals surface area contributed by atoms with Crippen molar-refractivity contribution >= 4 is 5.97 Å². The molecule has 1 aromatic rings. The molecule has 0 aromatic heterocycles. The van der Waals surface area contributed by atoms with Crippen molar-refractivity contribution in [1.82, 2.24) is 4.90 Å². The molecule has 2 rings (SSSR count). The summed E-state index contributed by atoms with van der Waals surface area (Å²) in [4.78, 5) is 13.8. The van der Waals surface area contributed by atoms with E-state index in [1.54, 1.807) is 13.0 Å². The van der Waals surface area contributed by atoms with Gasteiger partial charge in [0.05, 0.1) is 6.61 Å². The van der Waals surface area contributed by atoms with Gasteiger partial charge in [-0.05, 0) is 49.4 Å². The molecule has 23 heavy (non-hydrogen) atoms. The van der Waals surface area contributed by atoms with Crippen molar-refractivity contribution < 1.29 is 19.0 Å². The van der Waals surface area contributed by atoms with Crippen molar-refractivity contribution in [2.24, 2.45) is 5.92 Å². The Bertz CT molecular complexity index is 574. The van der Waals surface area contributed by atoms with Crippen LogP contribution in [0.25, 0.3) is 0 Å². The van der Waals surface area contributed by atoms with Gasteiger partial charge in [0, 0.05) is 12.1 Å². The summed E-state index contributed by atoms with van der Waals surface area (Å²) in [6.07, 6.45) is 0.958. The topological polar surface area (TPSA) is 49.8 Å². The Morgan fingerprint density at radius 3 is 2.65 bits per heavy atom. The molecule has 5 heteroatoms. The zero-order chi connectivity index (χ0) is 17.1. The van der Waals surface area contributed by atoms with Gasteiger partial charge in [-0.15, -0.1) is 0 Å². The second kappa shape index (κ2) is 7.30. The molecule has 1 aliphatic heterocycles. The number of aliphatic carboxylic acids is 1. The van der Waals surface area contributed by atoms with Gasteiger partial charge in [0.15, 0.2) is 11.6 Å². The summed E-state index contributed by atoms with van der Waals surface area (Å²) in [5, 5.41) is 9.77. The first-order valence-electron chi connectivity index (χ1n) is 8.28. The van der Waals surface area contributed by atoms with E-state index in [0.717, 1.165) is 12.0 Å². The Kier molecular flexibility index (Phi) is 5.63. The van der Waals surface area contributed by atoms with E-state index in [-0.39, 0.29) is 11.7 Å². The van der Waals surface area contributed by atoms with Crippen molar-refractivity contribution in [1.29, 1.82) is 0 Å². The van der Waals surface area contributed by atoms with E-state index >= 15 is 0 Å². The lowest BCUT2D eigenvalue weighted by molar-refractivity contribution is -0.143. The third-order valence-corrected chi connectivity index (χ3v) is 4.40. The molecule has 1 aliphatic rings. The van der Waals surface area contributed by atoms with Gasteiger partial charge in [-0.2, -0.15) is 0 Å². The minimum absolute atomic E-state index is 0.0730. The molecule has 1 N–H and O–H groups in total. The summed E-state index contributed by atoms with van der Waals surface area (Å²) in [5.74, 6) is -0.799. The lowest BCUT2D eigenvalue weighted by Gasteiger charge is -2.27. The monoisotopic (exact) mass is 323 g/mol. The third kappa shape index (κ3) is 3.83. The summed E-state index contributed by atoms with van der Waals surface area (Å²) < 4.78 is 20.0. The first-order valence-corrected chi connectivity index (χ1v) is 8.28. The van der Waals surface area contributed by atoms with Crippen LogP contribution in [0.15, 0.2) is 12.1 Å². The Morgan fingerprint density at radius 2 is 2.17 bits per heavy atom. The summed E-state index contributed by atoms with van der Waals surface area (Å²) in [6, 6.07) is 2.38. The fourth-order valence-electron chi connectivity index (χ4n) is 3.16. The Morgan fingerprint density at radius 1 is 1.48 bits per heavy atom. The van der Waals surface area contributed by atoms with Gasteiger partial charge < -0.3 is 9.84 Å². The normalized spacial score (nSPS) is 20.0. The van der Waals surface area contributed by atoms with E-state index in [1.807, 2.05) is 18.7 Å². The lowest BCUT2D eigenvalue weighted by Crippen LogP contribution is -2.33. The molecule has 1 saturated heterocycles. The predicted molar refractivity (Wildman–Crippen MR) is 87.4 cm³/mol. The van der Waals surface area contributed by atoms with Crippen LogP contribution in [-0.2, 0) is 4.79 Å². The van der Waals surface area contributed by atoms with Crippen molar-refractivity contribution in [3.05, 3.63) is 29.1 Å². The van der Waals surface area contributed by atoms with Crippen LogP contribution < -0.4 is 4.74 Å². The summed E-state index contributed by atoms with van der Waals surface area (Å²) in [6.45, 7) is 9.51. The first kappa shape index (κ1) is 17.7. The summed E-state index contributed by atoms with van der Waals surface area (Å²) in [5.41, 5.74) is 1.22. The smallest absolute Gasteiger partial charge is 0.325 e. The number of ether oxygens (including phenoxy) is 1. The third-order valence-electron chi connectivity index (χ3n) is 4.40. The summed E-state index contributed by atoms with van der Waals surface area (Å²) in [7, 11) is 0. The largest absolute Gasteiger partial charge is 0.490 e. The molecule has 0 aliphatic carbocycles. The summed E-state index contributed by atoms with van der Waals surface area (Å²) >= 11 is 0. The Labute approximate surface area is 137 Å². The van der Waals surface area contributed by atoms with E-state index < -0.39 is 17.8 Å². The first-order chi connectivity index (χ1) is 10.8. The number of carbonyl (C=O) groups is 1. The second-order valence-corrected chi connectivity index (χ2v) is 6.64. The lowest BCUT2D eigenvalue weighted by atomic mass is 9.95. The van der Waals surface area contributed by atoms with Crippen LogP contribution in [-0.4, -0.2) is 35.7 Å². The van der Waals surface area contributed by atoms with Gasteiger partial charge in [0.1, 0.15) is 6.04 Å². The van der Waals surface area contributed by atoms with E-state index in [9.17, 15) is 14.3 Å². The number of benzene rings is 1. The molecule has 128 valence electrons. The molecular weight excluding hydrogens is 297 g/mol. The Balaban J connectivity index is 2.53. The molecule has 0 bridgehead atoms. The molecule has 4 nitrogen and oxygen atoms in total. The van der Waals surface area contributed by atoms with Crippen molar-refractivity contribution in [3.8, 4) is 5.75 Å². The highest BCUT2D eigenvalue weighted by atomic mass is 19.1. The second-order valence-electron chi connectivity index (χ2n) is 6.64. The molecule has 1 fully saturated rings. The molecule has 1 aromatic carbocycles. The van der Waals surface area contributed by atoms with Gasteiger partial charge in [-0.1, -0.05) is 20.8 Å². The highest BCUT2D eigenvalue weighted by Gasteiger charge is 2.35. The molecular formula is C18H26FNO3. The van der Waals surface area contributed by atoms with Crippen LogP contribution in [0.1, 0.15) is 57.2 Å². The van der Waals surface area contributed by atoms with Crippen LogP contribution in [0.5, 0.6) is 5.75 Å². The quantitative estimate of drug-likeness (QED) is 0.865. The van der Waals surface area contributed by atoms with Crippen LogP contribution in [0.3, 0.4) is 0 Å². The minimum atomic E-state index is -0.958. The molecule has 2 atom stereocenters. The van der Waals surface area contributed by atoms with E-state index in [2.05, 4.69) is 6.92 Å². The van der Waals surface area contributed by atoms with Crippen molar-refractivity contribution in [3.63, 3.8) is 0 Å². The fourth-order valence-corrected chi connectivity index (χ4v) is 3.16. The standard InChI is InChI=1S/C18H26FNO3/c1-5-23-17-14(8-13(11(2)3)9-15(17)19)16(18(21)22)20-7-6-12(4)10-20/h8-9,11-12,16H,5-7,10H2,1-4H3,(H,21,22). The molecule has 0 saturated carbocycles. The van der Waals surface area contributed by atoms with E-state index in [1.165, 1.54) is 6.07 Å². The molecule has 1 heterocycles. The average Bonchev–Trinajstić information content (AvgIpc) is 2.88. The SMILES string of the molecule is CCOc1c(F)cc(C(C)C)cc1C(C(=O)O)N1CCC(C)C1. The maximum absolute atomic E-state index is 14.5. The van der Waals surface area contributed by atoms with Gasteiger partial charge in [0.25, 0.3) is 0 Å². The van der Waals surface area contributed by atoms with Crippen molar-refractivity contribution in [2.75, 3.05) is 19.7 Å². The van der Waals surface area contributed by atoms with Crippen LogP contribution >= 0.6 is 0 Å². The molecule has 0 radical (unpaired) electrons. The predicted octanol–water partition coefficient (Wildman–Crippen LogP) is 3.82. The fraction of sp³-hybridized carbons (Fsp3) is 0.611. The number of hydrogen-bond donors (Lipinski definition) is 1. The van der Waals surface area contributed by atoms with E-state index in [4.69, 9.17) is 4.74 Å². The molecule has 2 unspecified atom stereocenters. The van der Waals surface area contributed by atoms with Gasteiger partial charge in [0.2, 0.25) is 0 Å². The van der Waals surface area contributed by atoms with Crippen LogP contribution in [0.4, 0.5) is 4.39 Å². The van der Waals surface area contributed by atoms with Gasteiger partial charge in [-0.3, -0.25) is 9.69 Å². The maximum Gasteiger partial charge on any atom is 0.325 e. The number of carboxylic acid groups (broad SMARTS) is 1. The number of rotatable bonds is 6. The number of hydrogen-bond acceptors (Lipinski definition) is 3. The average molecular weight is 323 g/mol. The Hall–Kier alpha value is -1.62. The highest BCUT2D eigenvalue weighted by molar-refractivity contribution is 5.77. The van der Waals surface area contributed by atoms with Crippen molar-refractivity contribution in [2.45, 2.75) is 46.1 Å². The van der Waals surface area contributed by atoms with E-state index in [0.29, 0.717) is 31.2 Å². The number of halogens is 1. The zero-order valence-electron chi connectivity index (χ0n) is 14.3. The van der Waals surface area contributed by atoms with Gasteiger partial charge >= 0.3 is 5.97 Å². The maximum atomic E-state index is 14.5. The van der Waals surface area contributed by atoms with Crippen LogP contribution in [0, 0.1) is 11.7 Å². The number of likely N-dealkylation sites (tertiary alicyclic amines) is 1. The molecule has 0 spiro atoms. The zero-order valence-corrected chi connectivity index (χ0v) is 14.3. The molecule has 0 amide bonds. The minimum Gasteiger partial charge on any atom is -0.490 e. The number of nitrogens with zero attached hydrogens (tertiary/aromatic N) is 1. The highest BCUT2D eigenvalue weighted by Crippen LogP contribution is 2.37. The van der Waals surface area contributed by atoms with Gasteiger partial charge in [-0.25, -0.2) is 4.39 Å². The number of carboxylic acids is 1.